The fourth-order valence-electron chi connectivity index (χ4n) is 2.77. The van der Waals surface area contributed by atoms with Crippen LogP contribution in [0.3, 0.4) is 0 Å². The number of hydrogen-bond acceptors (Lipinski definition) is 5. The summed E-state index contributed by atoms with van der Waals surface area (Å²) in [7, 11) is 0. The minimum Gasteiger partial charge on any atom is -0.491 e. The Balaban J connectivity index is 1.44. The predicted octanol–water partition coefficient (Wildman–Crippen LogP) is 3.50. The Labute approximate surface area is 166 Å². The van der Waals surface area contributed by atoms with Crippen LogP contribution in [0.5, 0.6) is 11.5 Å². The smallest absolute Gasteiger partial charge is 0.124 e. The van der Waals surface area contributed by atoms with Gasteiger partial charge in [0.15, 0.2) is 0 Å². The lowest BCUT2D eigenvalue weighted by molar-refractivity contribution is 0.106. The first-order valence-corrected chi connectivity index (χ1v) is 9.38. The van der Waals surface area contributed by atoms with Gasteiger partial charge in [-0.15, -0.1) is 0 Å². The highest BCUT2D eigenvalue weighted by molar-refractivity contribution is 5.33. The first-order valence-electron chi connectivity index (χ1n) is 9.38. The standard InChI is InChI=1S/C23H26N2O3/c1-18-6-4-9-22(12-18)27-17-21(26)15-25-14-20-8-2-3-10-23(20)28-16-19-7-5-11-24-13-19/h2-13,21,25-26H,14-17H2,1H3. The third kappa shape index (κ3) is 6.37. The highest BCUT2D eigenvalue weighted by atomic mass is 16.5. The summed E-state index contributed by atoms with van der Waals surface area (Å²) in [6.07, 6.45) is 2.95. The molecule has 0 aliphatic rings. The van der Waals surface area contributed by atoms with Gasteiger partial charge in [0.1, 0.15) is 30.8 Å². The fourth-order valence-corrected chi connectivity index (χ4v) is 2.77. The van der Waals surface area contributed by atoms with Gasteiger partial charge in [-0.2, -0.15) is 0 Å². The maximum atomic E-state index is 10.2. The molecular weight excluding hydrogens is 352 g/mol. The Kier molecular flexibility index (Phi) is 7.41. The summed E-state index contributed by atoms with van der Waals surface area (Å²) in [5, 5.41) is 13.4. The van der Waals surface area contributed by atoms with E-state index in [4.69, 9.17) is 9.47 Å². The molecule has 146 valence electrons. The van der Waals surface area contributed by atoms with E-state index in [1.54, 1.807) is 12.4 Å². The van der Waals surface area contributed by atoms with E-state index in [-0.39, 0.29) is 6.61 Å². The summed E-state index contributed by atoms with van der Waals surface area (Å²) in [6.45, 7) is 3.76. The molecule has 5 nitrogen and oxygen atoms in total. The van der Waals surface area contributed by atoms with E-state index in [0.717, 1.165) is 28.2 Å². The molecule has 2 aromatic carbocycles. The van der Waals surface area contributed by atoms with Crippen molar-refractivity contribution < 1.29 is 14.6 Å². The molecule has 0 spiro atoms. The molecule has 0 saturated heterocycles. The van der Waals surface area contributed by atoms with Crippen molar-refractivity contribution in [2.45, 2.75) is 26.2 Å². The third-order valence-corrected chi connectivity index (χ3v) is 4.22. The average molecular weight is 378 g/mol. The molecule has 0 radical (unpaired) electrons. The number of ether oxygens (including phenoxy) is 2. The van der Waals surface area contributed by atoms with Gasteiger partial charge in [0.05, 0.1) is 0 Å². The lowest BCUT2D eigenvalue weighted by atomic mass is 10.2. The van der Waals surface area contributed by atoms with Crippen LogP contribution in [-0.4, -0.2) is 29.3 Å². The average Bonchev–Trinajstić information content (AvgIpc) is 2.72. The molecule has 3 rings (SSSR count). The molecule has 0 aliphatic heterocycles. The van der Waals surface area contributed by atoms with Gasteiger partial charge in [0.25, 0.3) is 0 Å². The lowest BCUT2D eigenvalue weighted by Crippen LogP contribution is -2.31. The molecule has 2 N–H and O–H groups in total. The summed E-state index contributed by atoms with van der Waals surface area (Å²) in [5.74, 6) is 1.59. The van der Waals surface area contributed by atoms with Gasteiger partial charge >= 0.3 is 0 Å². The zero-order chi connectivity index (χ0) is 19.6. The van der Waals surface area contributed by atoms with E-state index in [1.807, 2.05) is 67.6 Å². The second-order valence-corrected chi connectivity index (χ2v) is 6.67. The Hall–Kier alpha value is -2.89. The highest BCUT2D eigenvalue weighted by Crippen LogP contribution is 2.19. The number of aliphatic hydroxyl groups is 1. The Morgan fingerprint density at radius 2 is 1.93 bits per heavy atom. The number of para-hydroxylation sites is 1. The summed E-state index contributed by atoms with van der Waals surface area (Å²) in [5.41, 5.74) is 3.19. The molecule has 1 heterocycles. The van der Waals surface area contributed by atoms with Crippen molar-refractivity contribution in [3.05, 3.63) is 89.7 Å². The van der Waals surface area contributed by atoms with Crippen LogP contribution in [0.2, 0.25) is 0 Å². The molecule has 1 aromatic heterocycles. The van der Waals surface area contributed by atoms with Gasteiger partial charge in [-0.1, -0.05) is 36.4 Å². The topological polar surface area (TPSA) is 63.6 Å². The largest absolute Gasteiger partial charge is 0.491 e. The van der Waals surface area contributed by atoms with E-state index in [0.29, 0.717) is 19.7 Å². The van der Waals surface area contributed by atoms with Crippen molar-refractivity contribution in [3.8, 4) is 11.5 Å². The number of hydrogen-bond donors (Lipinski definition) is 2. The van der Waals surface area contributed by atoms with Crippen LogP contribution in [0.15, 0.2) is 73.1 Å². The van der Waals surface area contributed by atoms with E-state index in [9.17, 15) is 5.11 Å². The van der Waals surface area contributed by atoms with Crippen LogP contribution < -0.4 is 14.8 Å². The third-order valence-electron chi connectivity index (χ3n) is 4.22. The van der Waals surface area contributed by atoms with Gasteiger partial charge in [-0.3, -0.25) is 4.98 Å². The van der Waals surface area contributed by atoms with E-state index >= 15 is 0 Å². The number of nitrogens with zero attached hydrogens (tertiary/aromatic N) is 1. The van der Waals surface area contributed by atoms with Crippen LogP contribution in [0.1, 0.15) is 16.7 Å². The fraction of sp³-hybridized carbons (Fsp3) is 0.261. The van der Waals surface area contributed by atoms with Gasteiger partial charge < -0.3 is 19.9 Å². The minimum absolute atomic E-state index is 0.246. The zero-order valence-electron chi connectivity index (χ0n) is 16.0. The van der Waals surface area contributed by atoms with Crippen LogP contribution in [0.25, 0.3) is 0 Å². The molecular formula is C23H26N2O3. The molecule has 0 amide bonds. The number of nitrogens with one attached hydrogen (secondary N) is 1. The van der Waals surface area contributed by atoms with Gasteiger partial charge in [-0.25, -0.2) is 0 Å². The SMILES string of the molecule is Cc1cccc(OCC(O)CNCc2ccccc2OCc2cccnc2)c1. The monoisotopic (exact) mass is 378 g/mol. The van der Waals surface area contributed by atoms with E-state index in [2.05, 4.69) is 10.3 Å². The van der Waals surface area contributed by atoms with Gasteiger partial charge in [0, 0.05) is 36.6 Å². The van der Waals surface area contributed by atoms with Gasteiger partial charge in [0.2, 0.25) is 0 Å². The van der Waals surface area contributed by atoms with Crippen LogP contribution in [0, 0.1) is 6.92 Å². The minimum atomic E-state index is -0.594. The molecule has 0 bridgehead atoms. The summed E-state index contributed by atoms with van der Waals surface area (Å²) in [4.78, 5) is 4.10. The molecule has 1 unspecified atom stereocenters. The molecule has 0 aliphatic carbocycles. The van der Waals surface area contributed by atoms with E-state index < -0.39 is 6.10 Å². The molecule has 28 heavy (non-hydrogen) atoms. The van der Waals surface area contributed by atoms with Crippen LogP contribution in [-0.2, 0) is 13.2 Å². The highest BCUT2D eigenvalue weighted by Gasteiger charge is 2.08. The van der Waals surface area contributed by atoms with E-state index in [1.165, 1.54) is 0 Å². The molecule has 1 atom stereocenters. The normalized spacial score (nSPS) is 11.8. The predicted molar refractivity (Wildman–Crippen MR) is 109 cm³/mol. The number of pyridine rings is 1. The number of aliphatic hydroxyl groups excluding tert-OH is 1. The van der Waals surface area contributed by atoms with Crippen molar-refractivity contribution in [2.24, 2.45) is 0 Å². The summed E-state index contributed by atoms with van der Waals surface area (Å²) in [6, 6.07) is 19.6. The number of rotatable bonds is 10. The Morgan fingerprint density at radius 3 is 2.75 bits per heavy atom. The van der Waals surface area contributed by atoms with Crippen molar-refractivity contribution in [1.82, 2.24) is 10.3 Å². The Morgan fingerprint density at radius 1 is 1.04 bits per heavy atom. The van der Waals surface area contributed by atoms with Crippen molar-refractivity contribution in [3.63, 3.8) is 0 Å². The molecule has 5 heteroatoms. The van der Waals surface area contributed by atoms with Crippen molar-refractivity contribution in [1.29, 1.82) is 0 Å². The van der Waals surface area contributed by atoms with Gasteiger partial charge in [-0.05, 0) is 36.8 Å². The molecule has 0 fully saturated rings. The summed E-state index contributed by atoms with van der Waals surface area (Å²) >= 11 is 0. The zero-order valence-corrected chi connectivity index (χ0v) is 16.0. The lowest BCUT2D eigenvalue weighted by Gasteiger charge is -2.15. The second kappa shape index (κ2) is 10.4. The van der Waals surface area contributed by atoms with Crippen LogP contribution >= 0.6 is 0 Å². The molecule has 0 saturated carbocycles. The number of aromatic nitrogens is 1. The first kappa shape index (κ1) is 19.9. The number of benzene rings is 2. The first-order chi connectivity index (χ1) is 13.7. The maximum Gasteiger partial charge on any atom is 0.124 e. The maximum absolute atomic E-state index is 10.2. The van der Waals surface area contributed by atoms with Crippen molar-refractivity contribution in [2.75, 3.05) is 13.2 Å². The van der Waals surface area contributed by atoms with Crippen molar-refractivity contribution >= 4 is 0 Å². The molecule has 3 aromatic rings. The Bertz CT molecular complexity index is 855. The quantitative estimate of drug-likeness (QED) is 0.565. The number of aryl methyl sites for hydroxylation is 1. The summed E-state index contributed by atoms with van der Waals surface area (Å²) < 4.78 is 11.6. The van der Waals surface area contributed by atoms with Crippen LogP contribution in [0.4, 0.5) is 0 Å². The second-order valence-electron chi connectivity index (χ2n) is 6.67.